The minimum absolute atomic E-state index is 0.0298. The molecule has 0 saturated carbocycles. The lowest BCUT2D eigenvalue weighted by atomic mass is 9.86. The summed E-state index contributed by atoms with van der Waals surface area (Å²) in [6.45, 7) is 7.38. The fourth-order valence-corrected chi connectivity index (χ4v) is 8.45. The minimum atomic E-state index is -1.94. The Kier molecular flexibility index (Phi) is 17.3. The first-order valence-corrected chi connectivity index (χ1v) is 23.7. The van der Waals surface area contributed by atoms with Gasteiger partial charge in [-0.1, -0.05) is 39.8 Å². The number of nitrogens with zero attached hydrogens (tertiary/aromatic N) is 4. The number of amides is 7. The highest BCUT2D eigenvalue weighted by molar-refractivity contribution is 5.98. The van der Waals surface area contributed by atoms with Gasteiger partial charge in [0.2, 0.25) is 17.7 Å². The molecule has 0 fully saturated rings. The van der Waals surface area contributed by atoms with E-state index in [0.717, 1.165) is 16.5 Å². The molecule has 0 radical (unpaired) electrons. The first-order valence-electron chi connectivity index (χ1n) is 23.7. The molecule has 0 aliphatic carbocycles. The SMILES string of the molecule is C#CCCC(=O)N[C@H](C(=O)N[C@@H](CCCNC(N)=O)C(=O)Nc1ccc(COC(=O)N(C)CCN(C)C(=O)Oc2ccc3nc4c(c(CC)c3c2)Cn2c-4cc3c(c2=O)COC(=O)[C@]3(O)CC)cc1)C(C)C. The van der Waals surface area contributed by atoms with Crippen molar-refractivity contribution in [2.24, 2.45) is 11.7 Å². The summed E-state index contributed by atoms with van der Waals surface area (Å²) in [6, 6.07) is 10.5. The van der Waals surface area contributed by atoms with Gasteiger partial charge in [0.1, 0.15) is 31.0 Å². The van der Waals surface area contributed by atoms with Crippen LogP contribution in [0.15, 0.2) is 53.3 Å². The molecule has 0 bridgehead atoms. The van der Waals surface area contributed by atoms with Gasteiger partial charge in [-0.25, -0.2) is 24.2 Å². The van der Waals surface area contributed by atoms with Crippen LogP contribution in [0.3, 0.4) is 0 Å². The van der Waals surface area contributed by atoms with E-state index >= 15 is 0 Å². The number of pyridine rings is 2. The Morgan fingerprint density at radius 2 is 1.68 bits per heavy atom. The van der Waals surface area contributed by atoms with Crippen LogP contribution < -0.4 is 37.3 Å². The number of fused-ring (bicyclic) bond motifs is 5. The summed E-state index contributed by atoms with van der Waals surface area (Å²) < 4.78 is 18.0. The van der Waals surface area contributed by atoms with E-state index in [1.165, 1.54) is 23.9 Å². The van der Waals surface area contributed by atoms with E-state index in [1.807, 2.05) is 6.92 Å². The van der Waals surface area contributed by atoms with Gasteiger partial charge in [0.15, 0.2) is 5.60 Å². The molecule has 4 heterocycles. The fraction of sp³-hybridized carbons (Fsp3) is 0.431. The van der Waals surface area contributed by atoms with Crippen molar-refractivity contribution in [2.45, 2.75) is 104 Å². The number of carbonyl (C=O) groups excluding carboxylic acids is 7. The summed E-state index contributed by atoms with van der Waals surface area (Å²) >= 11 is 0. The summed E-state index contributed by atoms with van der Waals surface area (Å²) in [5.41, 5.74) is 7.69. The zero-order valence-electron chi connectivity index (χ0n) is 41.2. The fourth-order valence-electron chi connectivity index (χ4n) is 8.45. The van der Waals surface area contributed by atoms with Crippen molar-refractivity contribution in [1.82, 2.24) is 35.3 Å². The van der Waals surface area contributed by atoms with E-state index in [0.29, 0.717) is 41.0 Å². The molecule has 0 unspecified atom stereocenters. The van der Waals surface area contributed by atoms with Crippen molar-refractivity contribution < 1.29 is 52.9 Å². The van der Waals surface area contributed by atoms with Gasteiger partial charge in [-0.15, -0.1) is 12.3 Å². The molecular formula is C51H61N9O12. The van der Waals surface area contributed by atoms with Crippen LogP contribution in [-0.2, 0) is 60.4 Å². The van der Waals surface area contributed by atoms with Gasteiger partial charge < -0.3 is 60.7 Å². The lowest BCUT2D eigenvalue weighted by molar-refractivity contribution is -0.172. The molecule has 2 aliphatic heterocycles. The number of anilines is 1. The molecule has 7 N–H and O–H groups in total. The molecule has 7 amide bonds. The molecule has 2 aliphatic rings. The van der Waals surface area contributed by atoms with E-state index in [1.54, 1.807) is 73.9 Å². The van der Waals surface area contributed by atoms with Gasteiger partial charge in [0, 0.05) is 68.8 Å². The van der Waals surface area contributed by atoms with Crippen molar-refractivity contribution in [2.75, 3.05) is 39.0 Å². The Labute approximate surface area is 416 Å². The first-order chi connectivity index (χ1) is 34.3. The van der Waals surface area contributed by atoms with Crippen LogP contribution >= 0.6 is 0 Å². The van der Waals surface area contributed by atoms with Crippen molar-refractivity contribution in [3.63, 3.8) is 0 Å². The molecular weight excluding hydrogens is 931 g/mol. The van der Waals surface area contributed by atoms with Crippen molar-refractivity contribution in [3.05, 3.63) is 86.7 Å². The quantitative estimate of drug-likeness (QED) is 0.0369. The van der Waals surface area contributed by atoms with Crippen LogP contribution in [0.4, 0.5) is 20.1 Å². The average Bonchev–Trinajstić information content (AvgIpc) is 3.73. The molecule has 0 spiro atoms. The number of aryl methyl sites for hydroxylation is 1. The number of likely N-dealkylation sites (N-methyl/N-ethyl adjacent to an activating group) is 2. The lowest BCUT2D eigenvalue weighted by Gasteiger charge is -2.31. The number of rotatable bonds is 20. The summed E-state index contributed by atoms with van der Waals surface area (Å²) in [5.74, 6) is 0.0320. The third kappa shape index (κ3) is 12.1. The van der Waals surface area contributed by atoms with E-state index < -0.39 is 59.6 Å². The standard InChI is InChI=1S/C51H61N9O12/c1-8-11-14-41(61)57-42(29(4)5)45(63)56-39(13-12-21-53-48(52)66)44(62)54-31-17-15-30(16-18-31)27-71-49(67)58(6)22-23-59(7)50(68)72-32-19-20-38-34(24-32)33(9-2)35-26-60-40(43(35)55-38)25-37-36(46(60)64)28-70-47(65)51(37,69)10-3/h1,15-20,24-25,29,39,42,69H,9-14,21-23,26-28H2,2-7H3,(H,54,62)(H,56,63)(H,57,61)(H3,52,53,66)/t39-,42-,51-/m0/s1. The van der Waals surface area contributed by atoms with Crippen molar-refractivity contribution in [3.8, 4) is 29.5 Å². The molecule has 21 heteroatoms. The molecule has 0 saturated heterocycles. The Balaban J connectivity index is 1.01. The molecule has 3 atom stereocenters. The van der Waals surface area contributed by atoms with Gasteiger partial charge in [-0.05, 0) is 79.1 Å². The second kappa shape index (κ2) is 23.3. The number of nitrogens with one attached hydrogen (secondary N) is 4. The molecule has 21 nitrogen and oxygen atoms in total. The summed E-state index contributed by atoms with van der Waals surface area (Å²) in [5, 5.41) is 22.6. The number of terminal acetylenes is 1. The maximum Gasteiger partial charge on any atom is 0.415 e. The summed E-state index contributed by atoms with van der Waals surface area (Å²) in [7, 11) is 3.06. The van der Waals surface area contributed by atoms with E-state index in [9.17, 15) is 43.5 Å². The maximum absolute atomic E-state index is 13.7. The molecule has 2 aromatic heterocycles. The number of aromatic nitrogens is 2. The first kappa shape index (κ1) is 53.4. The Bertz CT molecular complexity index is 2860. The predicted molar refractivity (Wildman–Crippen MR) is 264 cm³/mol. The number of esters is 1. The highest BCUT2D eigenvalue weighted by Crippen LogP contribution is 2.41. The minimum Gasteiger partial charge on any atom is -0.458 e. The third-order valence-electron chi connectivity index (χ3n) is 12.7. The number of benzene rings is 2. The number of aliphatic hydroxyl groups is 1. The number of carbonyl (C=O) groups is 7. The van der Waals surface area contributed by atoms with Crippen LogP contribution in [0.25, 0.3) is 22.3 Å². The van der Waals surface area contributed by atoms with Gasteiger partial charge in [-0.2, -0.15) is 0 Å². The molecule has 6 rings (SSSR count). The van der Waals surface area contributed by atoms with Crippen LogP contribution in [-0.4, -0.2) is 112 Å². The van der Waals surface area contributed by atoms with E-state index in [2.05, 4.69) is 27.2 Å². The Morgan fingerprint density at radius 3 is 2.33 bits per heavy atom. The second-order valence-corrected chi connectivity index (χ2v) is 18.0. The number of cyclic esters (lactones) is 1. The van der Waals surface area contributed by atoms with Crippen LogP contribution in [0.2, 0.25) is 0 Å². The highest BCUT2D eigenvalue weighted by Gasteiger charge is 2.45. The number of hydrogen-bond donors (Lipinski definition) is 6. The Morgan fingerprint density at radius 1 is 0.972 bits per heavy atom. The largest absolute Gasteiger partial charge is 0.458 e. The second-order valence-electron chi connectivity index (χ2n) is 18.0. The van der Waals surface area contributed by atoms with E-state index in [-0.39, 0.29) is 93.4 Å². The number of hydrogen-bond acceptors (Lipinski definition) is 13. The van der Waals surface area contributed by atoms with Crippen LogP contribution in [0, 0.1) is 18.3 Å². The van der Waals surface area contributed by atoms with E-state index in [4.69, 9.17) is 31.4 Å². The highest BCUT2D eigenvalue weighted by atomic mass is 16.6. The summed E-state index contributed by atoms with van der Waals surface area (Å²) in [6.07, 6.45) is 5.22. The normalized spacial score (nSPS) is 15.1. The maximum atomic E-state index is 13.7. The Hall–Kier alpha value is -7.99. The molecule has 72 heavy (non-hydrogen) atoms. The average molecular weight is 992 g/mol. The van der Waals surface area contributed by atoms with Gasteiger partial charge >= 0.3 is 24.2 Å². The third-order valence-corrected chi connectivity index (χ3v) is 12.7. The zero-order chi connectivity index (χ0) is 52.4. The van der Waals surface area contributed by atoms with Gasteiger partial charge in [-0.3, -0.25) is 19.2 Å². The monoisotopic (exact) mass is 991 g/mol. The summed E-state index contributed by atoms with van der Waals surface area (Å²) in [4.78, 5) is 110. The molecule has 2 aromatic carbocycles. The number of urea groups is 1. The molecule has 382 valence electrons. The van der Waals surface area contributed by atoms with Crippen LogP contribution in [0.5, 0.6) is 5.75 Å². The number of nitrogens with two attached hydrogens (primary N) is 1. The van der Waals surface area contributed by atoms with Gasteiger partial charge in [0.05, 0.1) is 29.0 Å². The van der Waals surface area contributed by atoms with Crippen molar-refractivity contribution >= 4 is 58.5 Å². The van der Waals surface area contributed by atoms with Gasteiger partial charge in [0.25, 0.3) is 5.56 Å². The topological polar surface area (TPSA) is 283 Å². The molecule has 4 aromatic rings. The van der Waals surface area contributed by atoms with Crippen molar-refractivity contribution in [1.29, 1.82) is 0 Å². The smallest absolute Gasteiger partial charge is 0.415 e. The predicted octanol–water partition coefficient (Wildman–Crippen LogP) is 3.77. The zero-order valence-corrected chi connectivity index (χ0v) is 41.2. The van der Waals surface area contributed by atoms with Crippen LogP contribution in [0.1, 0.15) is 87.6 Å². The lowest BCUT2D eigenvalue weighted by Crippen LogP contribution is -2.54. The number of ether oxygens (including phenoxy) is 3. The number of primary amides is 1.